The zero-order valence-electron chi connectivity index (χ0n) is 29.2. The van der Waals surface area contributed by atoms with Gasteiger partial charge in [0.2, 0.25) is 11.8 Å². The molecule has 2 aromatic rings. The lowest BCUT2D eigenvalue weighted by Crippen LogP contribution is -2.46. The van der Waals surface area contributed by atoms with Crippen LogP contribution in [0.15, 0.2) is 12.7 Å². The highest BCUT2D eigenvalue weighted by molar-refractivity contribution is 7.99. The van der Waals surface area contributed by atoms with Crippen molar-refractivity contribution >= 4 is 64.0 Å². The number of carbonyl (C=O) groups is 2. The molecule has 0 saturated carbocycles. The van der Waals surface area contributed by atoms with Crippen molar-refractivity contribution in [1.29, 1.82) is 0 Å². The van der Waals surface area contributed by atoms with Gasteiger partial charge in [-0.15, -0.1) is 0 Å². The summed E-state index contributed by atoms with van der Waals surface area (Å²) in [5, 5.41) is 26.8. The second-order valence-electron chi connectivity index (χ2n) is 12.6. The van der Waals surface area contributed by atoms with Gasteiger partial charge in [-0.05, 0) is 19.1 Å². The Hall–Kier alpha value is -2.11. The first-order valence-electron chi connectivity index (χ1n) is 16.0. The van der Waals surface area contributed by atoms with Crippen LogP contribution in [-0.4, -0.2) is 123 Å². The van der Waals surface area contributed by atoms with E-state index in [2.05, 4.69) is 36.8 Å². The van der Waals surface area contributed by atoms with Crippen LogP contribution in [0, 0.1) is 5.41 Å². The van der Waals surface area contributed by atoms with Gasteiger partial charge in [0.15, 0.2) is 17.2 Å². The fourth-order valence-corrected chi connectivity index (χ4v) is 8.63. The van der Waals surface area contributed by atoms with Crippen molar-refractivity contribution in [2.24, 2.45) is 5.41 Å². The second kappa shape index (κ2) is 18.7. The number of fused-ring (bicyclic) bond motifs is 1. The molecule has 2 amide bonds. The van der Waals surface area contributed by atoms with E-state index >= 15 is 0 Å². The maximum Gasteiger partial charge on any atom is 0.481 e. The van der Waals surface area contributed by atoms with Crippen LogP contribution in [0.1, 0.15) is 47.0 Å². The van der Waals surface area contributed by atoms with Crippen molar-refractivity contribution in [2.45, 2.75) is 77.1 Å². The molecular weight excluding hydrogens is 791 g/mol. The number of phosphoric acid groups is 3. The number of ether oxygens (including phenoxy) is 1. The fraction of sp³-hybridized carbons (Fsp3) is 0.731. The Labute approximate surface area is 308 Å². The molecule has 10 N–H and O–H groups in total. The van der Waals surface area contributed by atoms with Crippen molar-refractivity contribution in [1.82, 2.24) is 30.2 Å². The van der Waals surface area contributed by atoms with Gasteiger partial charge in [-0.3, -0.25) is 27.7 Å². The quantitative estimate of drug-likeness (QED) is 0.0561. The molecule has 3 heterocycles. The number of nitrogens with zero attached hydrogens (tertiary/aromatic N) is 4. The van der Waals surface area contributed by atoms with Crippen LogP contribution < -0.4 is 16.4 Å². The summed E-state index contributed by atoms with van der Waals surface area (Å²) in [7, 11) is -16.4. The summed E-state index contributed by atoms with van der Waals surface area (Å²) >= 11 is 1.71. The zero-order valence-corrected chi connectivity index (χ0v) is 32.7. The second-order valence-corrected chi connectivity index (χ2v) is 18.1. The van der Waals surface area contributed by atoms with Crippen LogP contribution in [0.25, 0.3) is 11.2 Å². The molecule has 1 aliphatic heterocycles. The lowest BCUT2D eigenvalue weighted by Gasteiger charge is -2.30. The number of amides is 2. The van der Waals surface area contributed by atoms with Crippen molar-refractivity contribution < 1.29 is 75.7 Å². The highest BCUT2D eigenvalue weighted by Crippen LogP contribution is 2.61. The van der Waals surface area contributed by atoms with E-state index in [1.54, 1.807) is 11.8 Å². The fourth-order valence-electron chi connectivity index (χ4n) is 4.86. The third-order valence-corrected chi connectivity index (χ3v) is 11.9. The van der Waals surface area contributed by atoms with Crippen molar-refractivity contribution in [3.8, 4) is 0 Å². The molecule has 0 bridgehead atoms. The molecule has 2 aromatic heterocycles. The molecule has 0 aromatic carbocycles. The molecule has 1 saturated heterocycles. The number of nitrogen functional groups attached to an aromatic ring is 1. The van der Waals surface area contributed by atoms with Crippen molar-refractivity contribution in [3.05, 3.63) is 12.7 Å². The summed E-state index contributed by atoms with van der Waals surface area (Å²) < 4.78 is 62.6. The summed E-state index contributed by atoms with van der Waals surface area (Å²) in [6.07, 6.45) is -3.12. The minimum Gasteiger partial charge on any atom is -0.385 e. The number of thioether (sulfide) groups is 1. The number of hydrogen-bond acceptors (Lipinski definition) is 17. The summed E-state index contributed by atoms with van der Waals surface area (Å²) in [6.45, 7) is 4.25. The van der Waals surface area contributed by atoms with E-state index in [1.165, 1.54) is 20.8 Å². The van der Waals surface area contributed by atoms with Crippen molar-refractivity contribution in [2.75, 3.05) is 43.5 Å². The normalized spacial score (nSPS) is 23.7. The molecule has 7 unspecified atom stereocenters. The van der Waals surface area contributed by atoms with E-state index < -0.39 is 78.1 Å². The number of unbranched alkanes of at least 4 members (excludes halogenated alkanes) is 1. The number of aromatic nitrogens is 4. The molecule has 0 aliphatic carbocycles. The van der Waals surface area contributed by atoms with Gasteiger partial charge in [0, 0.05) is 30.7 Å². The molecule has 1 aliphatic rings. The van der Waals surface area contributed by atoms with Gasteiger partial charge in [0.05, 0.1) is 19.5 Å². The molecule has 1 fully saturated rings. The van der Waals surface area contributed by atoms with E-state index in [0.717, 1.165) is 41.6 Å². The molecule has 3 rings (SSSR count). The van der Waals surface area contributed by atoms with E-state index in [0.29, 0.717) is 6.54 Å². The lowest BCUT2D eigenvalue weighted by atomic mass is 9.87. The number of phosphoric ester groups is 3. The number of aliphatic hydroxyl groups is 2. The smallest absolute Gasteiger partial charge is 0.385 e. The molecule has 53 heavy (non-hydrogen) atoms. The minimum absolute atomic E-state index is 0.0288. The van der Waals surface area contributed by atoms with Gasteiger partial charge in [-0.25, -0.2) is 28.6 Å². The Kier molecular flexibility index (Phi) is 16.0. The van der Waals surface area contributed by atoms with Gasteiger partial charge in [0.1, 0.15) is 36.3 Å². The number of nitrogens with two attached hydrogens (primary N) is 1. The minimum atomic E-state index is -5.56. The number of nitrogens with one attached hydrogen (secondary N) is 2. The standard InChI is InChI=1S/C26H46N7O16P3S/c1-5-6-10-53-11-9-28-17(34)7-8-29-24(37)21(36)25(2,3)13-46-52(43,44)49-51(41,42)45-12-16-19(48-50(38,39)40)20(35)26(4,47-16)33-15-32-18-22(27)30-14-31-23(18)33/h14-16,19-21,35-36H,5-13H2,1-4H3,(H,28,34)(H,29,37)(H,41,42)(H,43,44)(H2,27,30,31)(H2,38,39,40). The molecule has 0 spiro atoms. The topological polar surface area (TPSA) is 347 Å². The first-order chi connectivity index (χ1) is 24.5. The molecule has 302 valence electrons. The van der Waals surface area contributed by atoms with Crippen LogP contribution in [0.3, 0.4) is 0 Å². The Morgan fingerprint density at radius 3 is 2.43 bits per heavy atom. The van der Waals surface area contributed by atoms with E-state index in [1.807, 2.05) is 0 Å². The van der Waals surface area contributed by atoms with Crippen molar-refractivity contribution in [3.63, 3.8) is 0 Å². The van der Waals surface area contributed by atoms with Gasteiger partial charge in [-0.2, -0.15) is 16.1 Å². The first kappa shape index (κ1) is 45.3. The first-order valence-corrected chi connectivity index (χ1v) is 21.7. The average molecular weight is 838 g/mol. The van der Waals surface area contributed by atoms with Gasteiger partial charge >= 0.3 is 23.5 Å². The summed E-state index contributed by atoms with van der Waals surface area (Å²) in [4.78, 5) is 75.8. The number of aliphatic hydroxyl groups excluding tert-OH is 2. The van der Waals surface area contributed by atoms with Crippen LogP contribution in [0.4, 0.5) is 5.82 Å². The Bertz CT molecular complexity index is 1720. The highest BCUT2D eigenvalue weighted by atomic mass is 32.2. The summed E-state index contributed by atoms with van der Waals surface area (Å²) in [5.74, 6) is 0.458. The lowest BCUT2D eigenvalue weighted by molar-refractivity contribution is -0.137. The molecule has 7 atom stereocenters. The average Bonchev–Trinajstić information content (AvgIpc) is 3.60. The van der Waals surface area contributed by atoms with Crippen LogP contribution in [0.2, 0.25) is 0 Å². The maximum absolute atomic E-state index is 12.7. The van der Waals surface area contributed by atoms with Crippen LogP contribution in [0.5, 0.6) is 0 Å². The Balaban J connectivity index is 1.56. The van der Waals surface area contributed by atoms with Gasteiger partial charge in [-0.1, -0.05) is 27.2 Å². The highest BCUT2D eigenvalue weighted by Gasteiger charge is 2.57. The van der Waals surface area contributed by atoms with Gasteiger partial charge < -0.3 is 50.9 Å². The molecular formula is C26H46N7O16P3S. The zero-order chi connectivity index (χ0) is 39.8. The number of anilines is 1. The Morgan fingerprint density at radius 1 is 1.09 bits per heavy atom. The number of rotatable bonds is 22. The van der Waals surface area contributed by atoms with E-state index in [9.17, 15) is 53.1 Å². The number of hydrogen-bond donors (Lipinski definition) is 9. The third kappa shape index (κ3) is 13.0. The Morgan fingerprint density at radius 2 is 1.77 bits per heavy atom. The summed E-state index contributed by atoms with van der Waals surface area (Å²) in [5.41, 5.74) is 2.38. The maximum atomic E-state index is 12.7. The molecule has 23 nitrogen and oxygen atoms in total. The van der Waals surface area contributed by atoms with Crippen LogP contribution in [-0.2, 0) is 51.6 Å². The summed E-state index contributed by atoms with van der Waals surface area (Å²) in [6, 6.07) is 0. The molecule has 0 radical (unpaired) electrons. The monoisotopic (exact) mass is 837 g/mol. The number of imidazole rings is 1. The number of carbonyl (C=O) groups excluding carboxylic acids is 2. The largest absolute Gasteiger partial charge is 0.481 e. The predicted octanol–water partition coefficient (Wildman–Crippen LogP) is 0.112. The SMILES string of the molecule is CCCCSCCNC(=O)CCNC(=O)C(O)C(C)(C)COP(=O)(O)OP(=O)(O)OCC1OC(C)(n2cnc3c(N)ncnc32)C(O)C1OP(=O)(O)O. The van der Waals surface area contributed by atoms with Crippen LogP contribution >= 0.6 is 35.2 Å². The van der Waals surface area contributed by atoms with E-state index in [-0.39, 0.29) is 35.9 Å². The van der Waals surface area contributed by atoms with E-state index in [4.69, 9.17) is 24.0 Å². The molecule has 27 heteroatoms. The predicted molar refractivity (Wildman–Crippen MR) is 186 cm³/mol. The van der Waals surface area contributed by atoms with Gasteiger partial charge in [0.25, 0.3) is 0 Å². The third-order valence-electron chi connectivity index (χ3n) is 7.77.